The van der Waals surface area contributed by atoms with E-state index in [1.54, 1.807) is 0 Å². The standard InChI is InChI=1S/C14H18N2O/c1-11(7-15)8-16(2)9-12-10-17-14-6-4-3-5-13(12)14/h3-6,11-12H,8-10H2,1-2H3. The second-order valence-electron chi connectivity index (χ2n) is 4.80. The molecule has 1 heterocycles. The summed E-state index contributed by atoms with van der Waals surface area (Å²) in [7, 11) is 2.06. The fourth-order valence-electron chi connectivity index (χ4n) is 2.34. The zero-order valence-corrected chi connectivity index (χ0v) is 10.4. The third kappa shape index (κ3) is 2.78. The van der Waals surface area contributed by atoms with Gasteiger partial charge in [0.25, 0.3) is 0 Å². The molecule has 0 aromatic heterocycles. The number of fused-ring (bicyclic) bond motifs is 1. The Morgan fingerprint density at radius 3 is 3.06 bits per heavy atom. The molecule has 0 radical (unpaired) electrons. The molecule has 0 spiro atoms. The van der Waals surface area contributed by atoms with Crippen molar-refractivity contribution in [3.8, 4) is 11.8 Å². The van der Waals surface area contributed by atoms with Gasteiger partial charge in [0.2, 0.25) is 0 Å². The first-order chi connectivity index (χ1) is 8.20. The van der Waals surface area contributed by atoms with Crippen molar-refractivity contribution in [1.29, 1.82) is 5.26 Å². The zero-order valence-electron chi connectivity index (χ0n) is 10.4. The Morgan fingerprint density at radius 2 is 2.29 bits per heavy atom. The van der Waals surface area contributed by atoms with Crippen LogP contribution in [-0.4, -0.2) is 31.6 Å². The van der Waals surface area contributed by atoms with Crippen LogP contribution in [0.25, 0.3) is 0 Å². The molecule has 1 aromatic rings. The van der Waals surface area contributed by atoms with Crippen LogP contribution in [0.15, 0.2) is 24.3 Å². The highest BCUT2D eigenvalue weighted by molar-refractivity contribution is 5.39. The summed E-state index contributed by atoms with van der Waals surface area (Å²) in [6.07, 6.45) is 0. The Morgan fingerprint density at radius 1 is 1.53 bits per heavy atom. The third-order valence-corrected chi connectivity index (χ3v) is 3.14. The maximum Gasteiger partial charge on any atom is 0.122 e. The van der Waals surface area contributed by atoms with Gasteiger partial charge in [-0.15, -0.1) is 0 Å². The summed E-state index contributed by atoms with van der Waals surface area (Å²) in [5.74, 6) is 1.53. The molecule has 0 fully saturated rings. The van der Waals surface area contributed by atoms with Crippen molar-refractivity contribution in [1.82, 2.24) is 4.90 Å². The molecule has 3 nitrogen and oxygen atoms in total. The lowest BCUT2D eigenvalue weighted by atomic mass is 10.0. The van der Waals surface area contributed by atoms with E-state index in [1.807, 2.05) is 19.1 Å². The monoisotopic (exact) mass is 230 g/mol. The smallest absolute Gasteiger partial charge is 0.122 e. The molecule has 0 saturated heterocycles. The van der Waals surface area contributed by atoms with Gasteiger partial charge in [0.15, 0.2) is 0 Å². The molecule has 2 atom stereocenters. The lowest BCUT2D eigenvalue weighted by Crippen LogP contribution is -2.29. The summed E-state index contributed by atoms with van der Waals surface area (Å²) in [6.45, 7) is 4.47. The number of rotatable bonds is 4. The second kappa shape index (κ2) is 5.20. The molecule has 1 aliphatic rings. The van der Waals surface area contributed by atoms with Gasteiger partial charge in [-0.2, -0.15) is 5.26 Å². The molecule has 17 heavy (non-hydrogen) atoms. The first kappa shape index (κ1) is 11.9. The number of para-hydroxylation sites is 1. The summed E-state index contributed by atoms with van der Waals surface area (Å²) >= 11 is 0. The second-order valence-corrected chi connectivity index (χ2v) is 4.80. The molecular formula is C14H18N2O. The summed E-state index contributed by atoms with van der Waals surface area (Å²) in [5.41, 5.74) is 1.30. The molecule has 0 bridgehead atoms. The van der Waals surface area contributed by atoms with Crippen molar-refractivity contribution in [2.24, 2.45) is 5.92 Å². The number of likely N-dealkylation sites (N-methyl/N-ethyl adjacent to an activating group) is 1. The molecule has 0 amide bonds. The fraction of sp³-hybridized carbons (Fsp3) is 0.500. The van der Waals surface area contributed by atoms with Gasteiger partial charge < -0.3 is 9.64 Å². The van der Waals surface area contributed by atoms with E-state index in [-0.39, 0.29) is 5.92 Å². The van der Waals surface area contributed by atoms with E-state index in [1.165, 1.54) is 5.56 Å². The van der Waals surface area contributed by atoms with Gasteiger partial charge in [-0.25, -0.2) is 0 Å². The topological polar surface area (TPSA) is 36.3 Å². The Labute approximate surface area is 103 Å². The molecular weight excluding hydrogens is 212 g/mol. The quantitative estimate of drug-likeness (QED) is 0.796. The number of nitrogens with zero attached hydrogens (tertiary/aromatic N) is 2. The largest absolute Gasteiger partial charge is 0.493 e. The lowest BCUT2D eigenvalue weighted by Gasteiger charge is -2.21. The van der Waals surface area contributed by atoms with Crippen molar-refractivity contribution in [3.63, 3.8) is 0 Å². The van der Waals surface area contributed by atoms with E-state index >= 15 is 0 Å². The van der Waals surface area contributed by atoms with E-state index in [2.05, 4.69) is 30.1 Å². The Bertz CT molecular complexity index is 424. The van der Waals surface area contributed by atoms with Crippen molar-refractivity contribution in [2.75, 3.05) is 26.7 Å². The minimum atomic E-state index is 0.0811. The minimum absolute atomic E-state index is 0.0811. The number of nitriles is 1. The Hall–Kier alpha value is -1.53. The minimum Gasteiger partial charge on any atom is -0.493 e. The van der Waals surface area contributed by atoms with E-state index in [0.717, 1.165) is 25.4 Å². The van der Waals surface area contributed by atoms with Gasteiger partial charge in [0, 0.05) is 24.6 Å². The van der Waals surface area contributed by atoms with Crippen LogP contribution in [0.5, 0.6) is 5.75 Å². The average Bonchev–Trinajstić information content (AvgIpc) is 2.72. The van der Waals surface area contributed by atoms with Crippen molar-refractivity contribution in [2.45, 2.75) is 12.8 Å². The van der Waals surface area contributed by atoms with Crippen LogP contribution < -0.4 is 4.74 Å². The van der Waals surface area contributed by atoms with Crippen LogP contribution in [0.2, 0.25) is 0 Å². The van der Waals surface area contributed by atoms with Gasteiger partial charge in [-0.05, 0) is 20.0 Å². The predicted octanol–water partition coefficient (Wildman–Crippen LogP) is 2.25. The van der Waals surface area contributed by atoms with Gasteiger partial charge in [-0.3, -0.25) is 0 Å². The highest BCUT2D eigenvalue weighted by atomic mass is 16.5. The number of hydrogen-bond donors (Lipinski definition) is 0. The first-order valence-corrected chi connectivity index (χ1v) is 6.00. The Kier molecular flexibility index (Phi) is 3.65. The molecule has 0 N–H and O–H groups in total. The summed E-state index contributed by atoms with van der Waals surface area (Å²) in [6, 6.07) is 10.5. The van der Waals surface area contributed by atoms with Crippen LogP contribution in [-0.2, 0) is 0 Å². The van der Waals surface area contributed by atoms with Crippen LogP contribution in [0.3, 0.4) is 0 Å². The average molecular weight is 230 g/mol. The molecule has 0 saturated carbocycles. The van der Waals surface area contributed by atoms with Crippen LogP contribution in [0, 0.1) is 17.2 Å². The summed E-state index contributed by atoms with van der Waals surface area (Å²) in [5, 5.41) is 8.80. The van der Waals surface area contributed by atoms with E-state index < -0.39 is 0 Å². The fourth-order valence-corrected chi connectivity index (χ4v) is 2.34. The summed E-state index contributed by atoms with van der Waals surface area (Å²) < 4.78 is 5.65. The molecule has 90 valence electrons. The maximum atomic E-state index is 8.80. The van der Waals surface area contributed by atoms with Crippen LogP contribution >= 0.6 is 0 Å². The number of hydrogen-bond acceptors (Lipinski definition) is 3. The molecule has 2 rings (SSSR count). The highest BCUT2D eigenvalue weighted by Crippen LogP contribution is 2.33. The number of benzene rings is 1. The molecule has 3 heteroatoms. The first-order valence-electron chi connectivity index (χ1n) is 6.00. The van der Waals surface area contributed by atoms with Crippen molar-refractivity contribution < 1.29 is 4.74 Å². The predicted molar refractivity (Wildman–Crippen MR) is 67.0 cm³/mol. The van der Waals surface area contributed by atoms with Crippen LogP contribution in [0.4, 0.5) is 0 Å². The normalized spacial score (nSPS) is 19.5. The van der Waals surface area contributed by atoms with Crippen molar-refractivity contribution >= 4 is 0 Å². The van der Waals surface area contributed by atoms with Gasteiger partial charge >= 0.3 is 0 Å². The molecule has 1 aromatic carbocycles. The highest BCUT2D eigenvalue weighted by Gasteiger charge is 2.24. The van der Waals surface area contributed by atoms with Gasteiger partial charge in [0.05, 0.1) is 18.6 Å². The zero-order chi connectivity index (χ0) is 12.3. The van der Waals surface area contributed by atoms with Gasteiger partial charge in [0.1, 0.15) is 5.75 Å². The third-order valence-electron chi connectivity index (χ3n) is 3.14. The van der Waals surface area contributed by atoms with Crippen molar-refractivity contribution in [3.05, 3.63) is 29.8 Å². The SMILES string of the molecule is CC(C#N)CN(C)CC1COc2ccccc21. The summed E-state index contributed by atoms with van der Waals surface area (Å²) in [4.78, 5) is 2.21. The molecule has 1 aliphatic heterocycles. The van der Waals surface area contributed by atoms with E-state index in [9.17, 15) is 0 Å². The van der Waals surface area contributed by atoms with Crippen LogP contribution in [0.1, 0.15) is 18.4 Å². The molecule has 0 aliphatic carbocycles. The van der Waals surface area contributed by atoms with E-state index in [4.69, 9.17) is 10.00 Å². The van der Waals surface area contributed by atoms with Gasteiger partial charge in [-0.1, -0.05) is 18.2 Å². The maximum absolute atomic E-state index is 8.80. The number of ether oxygens (including phenoxy) is 1. The Balaban J connectivity index is 1.96. The van der Waals surface area contributed by atoms with E-state index in [0.29, 0.717) is 5.92 Å². The lowest BCUT2D eigenvalue weighted by molar-refractivity contribution is 0.256. The molecule has 2 unspecified atom stereocenters.